The Bertz CT molecular complexity index is 1530. The number of carbonyl (C=O) groups is 1. The van der Waals surface area contributed by atoms with Gasteiger partial charge in [-0.25, -0.2) is 9.79 Å². The van der Waals surface area contributed by atoms with E-state index in [0.29, 0.717) is 49.2 Å². The summed E-state index contributed by atoms with van der Waals surface area (Å²) < 4.78 is 29.2. The average molecular weight is 525 g/mol. The van der Waals surface area contributed by atoms with Crippen LogP contribution in [0.15, 0.2) is 57.5 Å². The molecule has 9 nitrogen and oxygen atoms in total. The lowest BCUT2D eigenvalue weighted by atomic mass is 9.95. The monoisotopic (exact) mass is 524 g/mol. The van der Waals surface area contributed by atoms with Crippen LogP contribution in [0.5, 0.6) is 23.0 Å². The molecule has 1 aliphatic heterocycles. The summed E-state index contributed by atoms with van der Waals surface area (Å²) in [7, 11) is 6.14. The lowest BCUT2D eigenvalue weighted by Crippen LogP contribution is -2.40. The number of hydrogen-bond donors (Lipinski definition) is 0. The maximum absolute atomic E-state index is 13.8. The average Bonchev–Trinajstić information content (AvgIpc) is 3.21. The van der Waals surface area contributed by atoms with Crippen LogP contribution in [0.3, 0.4) is 0 Å². The summed E-state index contributed by atoms with van der Waals surface area (Å²) in [6, 6.07) is 10.0. The number of rotatable bonds is 8. The van der Waals surface area contributed by atoms with E-state index in [-0.39, 0.29) is 17.7 Å². The largest absolute Gasteiger partial charge is 0.496 e. The van der Waals surface area contributed by atoms with Gasteiger partial charge in [0.05, 0.1) is 50.8 Å². The predicted molar refractivity (Wildman–Crippen MR) is 139 cm³/mol. The standard InChI is InChI=1S/C27H28N2O7S/c1-7-36-26(31)22-15(2)28-27-29(23(22)17-10-8-9-11-18(17)32-3)25(30)21(37-27)14-16-12-19(33-4)24(35-6)20(13-16)34-5/h8-14,23H,7H2,1-6H3/b21-14+/t23-/m0/s1. The Kier molecular flexibility index (Phi) is 7.68. The molecule has 0 bridgehead atoms. The first kappa shape index (κ1) is 26.0. The molecule has 1 atom stereocenters. The van der Waals surface area contributed by atoms with Crippen molar-refractivity contribution in [1.82, 2.24) is 4.57 Å². The van der Waals surface area contributed by atoms with Gasteiger partial charge in [0.2, 0.25) is 5.75 Å². The van der Waals surface area contributed by atoms with Gasteiger partial charge in [0.25, 0.3) is 5.56 Å². The molecule has 0 saturated carbocycles. The maximum atomic E-state index is 13.8. The van der Waals surface area contributed by atoms with Crippen molar-refractivity contribution in [2.75, 3.05) is 35.0 Å². The number of aromatic nitrogens is 1. The van der Waals surface area contributed by atoms with Crippen LogP contribution in [0.2, 0.25) is 0 Å². The van der Waals surface area contributed by atoms with E-state index in [1.54, 1.807) is 45.2 Å². The summed E-state index contributed by atoms with van der Waals surface area (Å²) in [5, 5.41) is 0. The van der Waals surface area contributed by atoms with Crippen LogP contribution in [0, 0.1) is 0 Å². The Balaban J connectivity index is 1.98. The third-order valence-corrected chi connectivity index (χ3v) is 6.92. The van der Waals surface area contributed by atoms with E-state index < -0.39 is 12.0 Å². The van der Waals surface area contributed by atoms with Gasteiger partial charge >= 0.3 is 5.97 Å². The number of nitrogens with zero attached hydrogens (tertiary/aromatic N) is 2. The third-order valence-electron chi connectivity index (χ3n) is 5.94. The van der Waals surface area contributed by atoms with Gasteiger partial charge in [-0.1, -0.05) is 29.5 Å². The minimum atomic E-state index is -0.770. The summed E-state index contributed by atoms with van der Waals surface area (Å²) in [5.74, 6) is 1.40. The number of para-hydroxylation sites is 1. The van der Waals surface area contributed by atoms with Crippen molar-refractivity contribution in [3.63, 3.8) is 0 Å². The highest BCUT2D eigenvalue weighted by Gasteiger charge is 2.35. The molecule has 0 unspecified atom stereocenters. The Morgan fingerprint density at radius 3 is 2.27 bits per heavy atom. The van der Waals surface area contributed by atoms with Crippen molar-refractivity contribution in [2.45, 2.75) is 19.9 Å². The Morgan fingerprint density at radius 1 is 1.03 bits per heavy atom. The molecule has 1 aliphatic rings. The van der Waals surface area contributed by atoms with Crippen LogP contribution in [-0.2, 0) is 9.53 Å². The molecular formula is C27H28N2O7S. The number of thiazole rings is 1. The smallest absolute Gasteiger partial charge is 0.338 e. The zero-order chi connectivity index (χ0) is 26.7. The molecule has 194 valence electrons. The number of allylic oxidation sites excluding steroid dienone is 1. The topological polar surface area (TPSA) is 97.6 Å². The first-order valence-corrected chi connectivity index (χ1v) is 12.3. The Labute approximate surface area is 217 Å². The van der Waals surface area contributed by atoms with Crippen molar-refractivity contribution in [1.29, 1.82) is 0 Å². The van der Waals surface area contributed by atoms with Gasteiger partial charge in [-0.05, 0) is 43.7 Å². The summed E-state index contributed by atoms with van der Waals surface area (Å²) in [4.78, 5) is 32.0. The fourth-order valence-corrected chi connectivity index (χ4v) is 5.36. The molecule has 0 spiro atoms. The van der Waals surface area contributed by atoms with E-state index in [4.69, 9.17) is 23.7 Å². The first-order chi connectivity index (χ1) is 17.9. The number of carbonyl (C=O) groups excluding carboxylic acids is 1. The van der Waals surface area contributed by atoms with Gasteiger partial charge in [0.1, 0.15) is 11.8 Å². The lowest BCUT2D eigenvalue weighted by Gasteiger charge is -2.25. The molecule has 2 aromatic carbocycles. The third kappa shape index (κ3) is 4.72. The van der Waals surface area contributed by atoms with Gasteiger partial charge < -0.3 is 23.7 Å². The zero-order valence-electron chi connectivity index (χ0n) is 21.5. The lowest BCUT2D eigenvalue weighted by molar-refractivity contribution is -0.139. The van der Waals surface area contributed by atoms with E-state index in [0.717, 1.165) is 0 Å². The summed E-state index contributed by atoms with van der Waals surface area (Å²) in [6.45, 7) is 3.67. The number of ether oxygens (including phenoxy) is 5. The Morgan fingerprint density at radius 2 is 1.68 bits per heavy atom. The first-order valence-electron chi connectivity index (χ1n) is 11.5. The Hall–Kier alpha value is -4.05. The predicted octanol–water partition coefficient (Wildman–Crippen LogP) is 2.83. The molecule has 3 aromatic rings. The van der Waals surface area contributed by atoms with E-state index in [1.807, 2.05) is 18.2 Å². The normalized spacial score (nSPS) is 15.1. The van der Waals surface area contributed by atoms with Crippen molar-refractivity contribution in [3.05, 3.63) is 78.5 Å². The van der Waals surface area contributed by atoms with Gasteiger partial charge in [0.15, 0.2) is 16.3 Å². The SMILES string of the molecule is CCOC(=O)C1=C(C)N=c2s/c(=C/c3cc(OC)c(OC)c(OC)c3)c(=O)n2[C@H]1c1ccccc1OC. The minimum absolute atomic E-state index is 0.194. The fourth-order valence-electron chi connectivity index (χ4n) is 4.31. The second-order valence-corrected chi connectivity index (χ2v) is 9.01. The molecule has 0 fully saturated rings. The van der Waals surface area contributed by atoms with Crippen LogP contribution in [0.4, 0.5) is 0 Å². The van der Waals surface area contributed by atoms with Crippen LogP contribution in [0.25, 0.3) is 6.08 Å². The molecule has 0 radical (unpaired) electrons. The minimum Gasteiger partial charge on any atom is -0.496 e. The molecule has 0 saturated heterocycles. The number of fused-ring (bicyclic) bond motifs is 1. The molecule has 0 N–H and O–H groups in total. The van der Waals surface area contributed by atoms with Crippen LogP contribution in [0.1, 0.15) is 31.0 Å². The van der Waals surface area contributed by atoms with Gasteiger partial charge in [-0.2, -0.15) is 0 Å². The van der Waals surface area contributed by atoms with E-state index >= 15 is 0 Å². The fraction of sp³-hybridized carbons (Fsp3) is 0.296. The molecule has 0 aliphatic carbocycles. The highest BCUT2D eigenvalue weighted by atomic mass is 32.1. The highest BCUT2D eigenvalue weighted by molar-refractivity contribution is 7.07. The molecule has 1 aromatic heterocycles. The van der Waals surface area contributed by atoms with Crippen molar-refractivity contribution in [2.24, 2.45) is 4.99 Å². The van der Waals surface area contributed by atoms with Gasteiger partial charge in [-0.3, -0.25) is 9.36 Å². The summed E-state index contributed by atoms with van der Waals surface area (Å²) in [5.41, 5.74) is 1.80. The molecule has 2 heterocycles. The summed E-state index contributed by atoms with van der Waals surface area (Å²) in [6.07, 6.45) is 1.73. The quantitative estimate of drug-likeness (QED) is 0.418. The van der Waals surface area contributed by atoms with Gasteiger partial charge in [-0.15, -0.1) is 0 Å². The molecular weight excluding hydrogens is 496 g/mol. The van der Waals surface area contributed by atoms with Crippen molar-refractivity contribution < 1.29 is 28.5 Å². The van der Waals surface area contributed by atoms with Gasteiger partial charge in [0, 0.05) is 5.56 Å². The zero-order valence-corrected chi connectivity index (χ0v) is 22.3. The van der Waals surface area contributed by atoms with Crippen LogP contribution >= 0.6 is 11.3 Å². The number of methoxy groups -OCH3 is 4. The number of esters is 1. The summed E-state index contributed by atoms with van der Waals surface area (Å²) >= 11 is 1.22. The van der Waals surface area contributed by atoms with E-state index in [1.165, 1.54) is 37.2 Å². The second kappa shape index (κ2) is 10.9. The molecule has 10 heteroatoms. The van der Waals surface area contributed by atoms with Crippen molar-refractivity contribution >= 4 is 23.4 Å². The number of hydrogen-bond acceptors (Lipinski definition) is 9. The van der Waals surface area contributed by atoms with Crippen molar-refractivity contribution in [3.8, 4) is 23.0 Å². The molecule has 4 rings (SSSR count). The maximum Gasteiger partial charge on any atom is 0.338 e. The second-order valence-electron chi connectivity index (χ2n) is 8.00. The molecule has 37 heavy (non-hydrogen) atoms. The molecule has 0 amide bonds. The number of benzene rings is 2. The highest BCUT2D eigenvalue weighted by Crippen LogP contribution is 2.38. The van der Waals surface area contributed by atoms with Crippen LogP contribution < -0.4 is 33.8 Å². The van der Waals surface area contributed by atoms with E-state index in [2.05, 4.69) is 4.99 Å². The van der Waals surface area contributed by atoms with E-state index in [9.17, 15) is 9.59 Å². The van der Waals surface area contributed by atoms with Crippen LogP contribution in [-0.4, -0.2) is 45.6 Å².